The number of hydrogen-bond donors (Lipinski definition) is 2. The lowest BCUT2D eigenvalue weighted by atomic mass is 10.1. The number of ether oxygens (including phenoxy) is 1. The molecule has 1 unspecified atom stereocenters. The lowest BCUT2D eigenvalue weighted by Gasteiger charge is -2.11. The summed E-state index contributed by atoms with van der Waals surface area (Å²) in [6.45, 7) is 2.43. The molecule has 1 aliphatic heterocycles. The van der Waals surface area contributed by atoms with Gasteiger partial charge in [0.05, 0.1) is 6.61 Å². The second-order valence-electron chi connectivity index (χ2n) is 4.29. The van der Waals surface area contributed by atoms with Crippen molar-refractivity contribution in [3.05, 3.63) is 35.4 Å². The monoisotopic (exact) mass is 234 g/mol. The molecule has 0 aliphatic carbocycles. The zero-order valence-electron chi connectivity index (χ0n) is 10.0. The highest BCUT2D eigenvalue weighted by Gasteiger charge is 2.17. The minimum Gasteiger partial charge on any atom is -0.380 e. The van der Waals surface area contributed by atoms with Crippen molar-refractivity contribution in [2.45, 2.75) is 19.1 Å². The van der Waals surface area contributed by atoms with Crippen LogP contribution in [-0.4, -0.2) is 32.1 Å². The van der Waals surface area contributed by atoms with Gasteiger partial charge >= 0.3 is 0 Å². The maximum Gasteiger partial charge on any atom is 0.251 e. The maximum absolute atomic E-state index is 11.9. The van der Waals surface area contributed by atoms with Crippen LogP contribution in [0.25, 0.3) is 0 Å². The van der Waals surface area contributed by atoms with Crippen molar-refractivity contribution in [2.24, 2.45) is 0 Å². The topological polar surface area (TPSA) is 50.4 Å². The molecule has 1 aromatic carbocycles. The van der Waals surface area contributed by atoms with Crippen LogP contribution in [0.1, 0.15) is 22.3 Å². The Hall–Kier alpha value is -1.39. The van der Waals surface area contributed by atoms with E-state index >= 15 is 0 Å². The molecule has 0 radical (unpaired) electrons. The Balaban J connectivity index is 1.93. The van der Waals surface area contributed by atoms with E-state index in [9.17, 15) is 4.79 Å². The summed E-state index contributed by atoms with van der Waals surface area (Å²) in [5.74, 6) is 0.00247. The molecule has 1 amide bonds. The van der Waals surface area contributed by atoms with Gasteiger partial charge in [-0.3, -0.25) is 4.79 Å². The molecule has 4 heteroatoms. The van der Waals surface area contributed by atoms with E-state index in [1.165, 1.54) is 0 Å². The second-order valence-corrected chi connectivity index (χ2v) is 4.29. The molecule has 4 nitrogen and oxygen atoms in total. The van der Waals surface area contributed by atoms with Crippen LogP contribution in [0, 0.1) is 0 Å². The fraction of sp³-hybridized carbons (Fsp3) is 0.462. The van der Waals surface area contributed by atoms with Gasteiger partial charge in [-0.15, -0.1) is 0 Å². The summed E-state index contributed by atoms with van der Waals surface area (Å²) in [5, 5.41) is 6.24. The molecule has 0 spiro atoms. The van der Waals surface area contributed by atoms with Gasteiger partial charge in [0.1, 0.15) is 0 Å². The van der Waals surface area contributed by atoms with E-state index in [0.717, 1.165) is 25.1 Å². The first-order valence-corrected chi connectivity index (χ1v) is 5.89. The molecule has 0 aromatic heterocycles. The molecule has 1 fully saturated rings. The van der Waals surface area contributed by atoms with E-state index in [2.05, 4.69) is 10.6 Å². The third kappa shape index (κ3) is 3.28. The van der Waals surface area contributed by atoms with Crippen molar-refractivity contribution < 1.29 is 9.53 Å². The summed E-state index contributed by atoms with van der Waals surface area (Å²) in [5.41, 5.74) is 1.78. The van der Waals surface area contributed by atoms with E-state index in [1.807, 2.05) is 24.3 Å². The fourth-order valence-corrected chi connectivity index (χ4v) is 1.97. The summed E-state index contributed by atoms with van der Waals surface area (Å²) in [7, 11) is 1.66. The zero-order valence-corrected chi connectivity index (χ0v) is 10.0. The van der Waals surface area contributed by atoms with Gasteiger partial charge in [-0.1, -0.05) is 12.1 Å². The molecule has 17 heavy (non-hydrogen) atoms. The van der Waals surface area contributed by atoms with Crippen LogP contribution in [0.3, 0.4) is 0 Å². The van der Waals surface area contributed by atoms with Crippen molar-refractivity contribution >= 4 is 5.91 Å². The second kappa shape index (κ2) is 5.80. The summed E-state index contributed by atoms with van der Waals surface area (Å²) < 4.78 is 5.03. The zero-order chi connectivity index (χ0) is 12.1. The minimum absolute atomic E-state index is 0.00247. The van der Waals surface area contributed by atoms with Crippen LogP contribution in [0.5, 0.6) is 0 Å². The lowest BCUT2D eigenvalue weighted by molar-refractivity contribution is 0.0940. The van der Waals surface area contributed by atoms with Crippen LogP contribution in [0.2, 0.25) is 0 Å². The Morgan fingerprint density at radius 1 is 1.47 bits per heavy atom. The smallest absolute Gasteiger partial charge is 0.251 e. The van der Waals surface area contributed by atoms with Gasteiger partial charge in [-0.05, 0) is 30.7 Å². The van der Waals surface area contributed by atoms with Crippen molar-refractivity contribution in [3.63, 3.8) is 0 Å². The Morgan fingerprint density at radius 2 is 2.24 bits per heavy atom. The first-order valence-electron chi connectivity index (χ1n) is 5.89. The predicted molar refractivity (Wildman–Crippen MR) is 65.9 cm³/mol. The van der Waals surface area contributed by atoms with E-state index in [1.54, 1.807) is 7.11 Å². The number of carbonyl (C=O) groups excluding carboxylic acids is 1. The Bertz CT molecular complexity index is 370. The fourth-order valence-electron chi connectivity index (χ4n) is 1.97. The van der Waals surface area contributed by atoms with E-state index in [4.69, 9.17) is 4.74 Å². The normalized spacial score (nSPS) is 19.2. The van der Waals surface area contributed by atoms with Gasteiger partial charge in [0.2, 0.25) is 0 Å². The summed E-state index contributed by atoms with van der Waals surface area (Å²) in [6, 6.07) is 7.79. The standard InChI is InChI=1S/C13H18N2O2/c1-17-9-10-2-4-11(5-3-10)13(16)15-12-6-7-14-8-12/h2-5,12,14H,6-9H2,1H3,(H,15,16). The summed E-state index contributed by atoms with van der Waals surface area (Å²) in [4.78, 5) is 11.9. The number of nitrogens with one attached hydrogen (secondary N) is 2. The Morgan fingerprint density at radius 3 is 2.82 bits per heavy atom. The predicted octanol–water partition coefficient (Wildman–Crippen LogP) is 0.925. The highest BCUT2D eigenvalue weighted by molar-refractivity contribution is 5.94. The molecule has 0 saturated carbocycles. The molecule has 0 bridgehead atoms. The minimum atomic E-state index is 0.00247. The van der Waals surface area contributed by atoms with Gasteiger partial charge in [0.25, 0.3) is 5.91 Å². The third-order valence-electron chi connectivity index (χ3n) is 2.92. The molecule has 2 N–H and O–H groups in total. The first kappa shape index (κ1) is 12.1. The molecule has 92 valence electrons. The van der Waals surface area contributed by atoms with Crippen molar-refractivity contribution in [1.82, 2.24) is 10.6 Å². The molecule has 2 rings (SSSR count). The summed E-state index contributed by atoms with van der Waals surface area (Å²) >= 11 is 0. The molecule has 1 aromatic rings. The number of methoxy groups -OCH3 is 1. The van der Waals surface area contributed by atoms with Crippen LogP contribution >= 0.6 is 0 Å². The molecular weight excluding hydrogens is 216 g/mol. The van der Waals surface area contributed by atoms with Gasteiger partial charge < -0.3 is 15.4 Å². The number of carbonyl (C=O) groups is 1. The Kier molecular flexibility index (Phi) is 4.12. The highest BCUT2D eigenvalue weighted by Crippen LogP contribution is 2.07. The van der Waals surface area contributed by atoms with Crippen LogP contribution in [-0.2, 0) is 11.3 Å². The van der Waals surface area contributed by atoms with Crippen LogP contribution < -0.4 is 10.6 Å². The maximum atomic E-state index is 11.9. The van der Waals surface area contributed by atoms with E-state index in [0.29, 0.717) is 12.2 Å². The van der Waals surface area contributed by atoms with Crippen molar-refractivity contribution in [3.8, 4) is 0 Å². The van der Waals surface area contributed by atoms with Gasteiger partial charge in [-0.2, -0.15) is 0 Å². The van der Waals surface area contributed by atoms with Crippen LogP contribution in [0.4, 0.5) is 0 Å². The molecule has 1 heterocycles. The number of hydrogen-bond acceptors (Lipinski definition) is 3. The molecular formula is C13H18N2O2. The molecule has 1 saturated heterocycles. The average molecular weight is 234 g/mol. The SMILES string of the molecule is COCc1ccc(C(=O)NC2CCNC2)cc1. The quantitative estimate of drug-likeness (QED) is 0.814. The Labute approximate surface area is 101 Å². The number of rotatable bonds is 4. The van der Waals surface area contributed by atoms with Crippen molar-refractivity contribution in [1.29, 1.82) is 0 Å². The van der Waals surface area contributed by atoms with E-state index in [-0.39, 0.29) is 11.9 Å². The largest absolute Gasteiger partial charge is 0.380 e. The third-order valence-corrected chi connectivity index (χ3v) is 2.92. The van der Waals surface area contributed by atoms with Gasteiger partial charge in [-0.25, -0.2) is 0 Å². The van der Waals surface area contributed by atoms with Gasteiger partial charge in [0, 0.05) is 25.3 Å². The summed E-state index contributed by atoms with van der Waals surface area (Å²) in [6.07, 6.45) is 1.01. The number of benzene rings is 1. The first-order chi connectivity index (χ1) is 8.29. The molecule has 1 aliphatic rings. The average Bonchev–Trinajstić information content (AvgIpc) is 2.83. The van der Waals surface area contributed by atoms with Gasteiger partial charge in [0.15, 0.2) is 0 Å². The van der Waals surface area contributed by atoms with Crippen molar-refractivity contribution in [2.75, 3.05) is 20.2 Å². The lowest BCUT2D eigenvalue weighted by Crippen LogP contribution is -2.36. The highest BCUT2D eigenvalue weighted by atomic mass is 16.5. The number of amides is 1. The van der Waals surface area contributed by atoms with E-state index < -0.39 is 0 Å². The van der Waals surface area contributed by atoms with Crippen LogP contribution in [0.15, 0.2) is 24.3 Å². The molecule has 1 atom stereocenters.